The molecule has 2 N–H and O–H groups in total. The molecule has 2 heterocycles. The van der Waals surface area contributed by atoms with Gasteiger partial charge in [-0.3, -0.25) is 9.48 Å². The summed E-state index contributed by atoms with van der Waals surface area (Å²) >= 11 is 0. The summed E-state index contributed by atoms with van der Waals surface area (Å²) in [6.45, 7) is 0.0248. The summed E-state index contributed by atoms with van der Waals surface area (Å²) in [6, 6.07) is 9.24. The van der Waals surface area contributed by atoms with E-state index in [1.54, 1.807) is 17.1 Å². The molecule has 0 saturated heterocycles. The standard InChI is InChI=1S/C17H18N6O2/c1-23-10-14(9-19-23)21-17-18-8-7-15(22-17)12-3-5-13(6-4-12)20-16(24)11-25-2/h3-10H,11H2,1-2H3,(H,20,24)(H,18,21,22). The van der Waals surface area contributed by atoms with Crippen molar-refractivity contribution in [2.75, 3.05) is 24.4 Å². The molecule has 1 amide bonds. The van der Waals surface area contributed by atoms with E-state index in [1.165, 1.54) is 7.11 Å². The van der Waals surface area contributed by atoms with Gasteiger partial charge in [0.15, 0.2) is 0 Å². The molecule has 8 heteroatoms. The molecule has 3 rings (SSSR count). The summed E-state index contributed by atoms with van der Waals surface area (Å²) in [4.78, 5) is 20.2. The van der Waals surface area contributed by atoms with Crippen molar-refractivity contribution in [1.82, 2.24) is 19.7 Å². The quantitative estimate of drug-likeness (QED) is 0.716. The predicted octanol–water partition coefficient (Wildman–Crippen LogP) is 2.21. The fourth-order valence-corrected chi connectivity index (χ4v) is 2.25. The number of aromatic nitrogens is 4. The smallest absolute Gasteiger partial charge is 0.250 e. The van der Waals surface area contributed by atoms with Crippen LogP contribution in [0.3, 0.4) is 0 Å². The number of amides is 1. The molecule has 0 aliphatic rings. The molecule has 0 unspecified atom stereocenters. The first-order valence-corrected chi connectivity index (χ1v) is 7.62. The molecule has 0 aliphatic heterocycles. The monoisotopic (exact) mass is 338 g/mol. The van der Waals surface area contributed by atoms with Crippen LogP contribution in [0.1, 0.15) is 0 Å². The van der Waals surface area contributed by atoms with Crippen molar-refractivity contribution in [3.63, 3.8) is 0 Å². The number of rotatable bonds is 6. The second-order valence-corrected chi connectivity index (χ2v) is 5.35. The normalized spacial score (nSPS) is 10.5. The molecule has 128 valence electrons. The Kier molecular flexibility index (Phi) is 5.00. The third kappa shape index (κ3) is 4.39. The molecule has 2 aromatic heterocycles. The number of benzene rings is 1. The van der Waals surface area contributed by atoms with Crippen LogP contribution in [-0.4, -0.2) is 39.4 Å². The summed E-state index contributed by atoms with van der Waals surface area (Å²) in [7, 11) is 3.32. The maximum Gasteiger partial charge on any atom is 0.250 e. The number of hydrogen-bond donors (Lipinski definition) is 2. The summed E-state index contributed by atoms with van der Waals surface area (Å²) in [6.07, 6.45) is 5.23. The predicted molar refractivity (Wildman–Crippen MR) is 94.5 cm³/mol. The van der Waals surface area contributed by atoms with Gasteiger partial charge in [-0.25, -0.2) is 9.97 Å². The van der Waals surface area contributed by atoms with Gasteiger partial charge >= 0.3 is 0 Å². The molecular formula is C17H18N6O2. The van der Waals surface area contributed by atoms with Crippen molar-refractivity contribution in [2.45, 2.75) is 0 Å². The largest absolute Gasteiger partial charge is 0.375 e. The van der Waals surface area contributed by atoms with Gasteiger partial charge in [0.2, 0.25) is 11.9 Å². The van der Waals surface area contributed by atoms with E-state index >= 15 is 0 Å². The summed E-state index contributed by atoms with van der Waals surface area (Å²) in [5, 5.41) is 9.95. The van der Waals surface area contributed by atoms with Gasteiger partial charge < -0.3 is 15.4 Å². The lowest BCUT2D eigenvalue weighted by Gasteiger charge is -2.07. The number of ether oxygens (including phenoxy) is 1. The molecular weight excluding hydrogens is 320 g/mol. The molecule has 0 fully saturated rings. The van der Waals surface area contributed by atoms with Gasteiger partial charge in [-0.15, -0.1) is 0 Å². The van der Waals surface area contributed by atoms with Crippen molar-refractivity contribution < 1.29 is 9.53 Å². The highest BCUT2D eigenvalue weighted by atomic mass is 16.5. The zero-order chi connectivity index (χ0) is 17.6. The highest BCUT2D eigenvalue weighted by Crippen LogP contribution is 2.21. The van der Waals surface area contributed by atoms with Crippen molar-refractivity contribution in [2.24, 2.45) is 7.05 Å². The highest BCUT2D eigenvalue weighted by molar-refractivity contribution is 5.91. The van der Waals surface area contributed by atoms with Gasteiger partial charge in [-0.2, -0.15) is 5.10 Å². The fraction of sp³-hybridized carbons (Fsp3) is 0.176. The first-order chi connectivity index (χ1) is 12.1. The Morgan fingerprint density at radius 1 is 1.20 bits per heavy atom. The fourth-order valence-electron chi connectivity index (χ4n) is 2.25. The number of carbonyl (C=O) groups excluding carboxylic acids is 1. The number of nitrogens with one attached hydrogen (secondary N) is 2. The van der Waals surface area contributed by atoms with Gasteiger partial charge in [-0.05, 0) is 18.2 Å². The molecule has 0 atom stereocenters. The van der Waals surface area contributed by atoms with E-state index in [0.717, 1.165) is 16.9 Å². The van der Waals surface area contributed by atoms with E-state index in [-0.39, 0.29) is 12.5 Å². The summed E-state index contributed by atoms with van der Waals surface area (Å²) in [5.41, 5.74) is 3.21. The van der Waals surface area contributed by atoms with E-state index < -0.39 is 0 Å². The van der Waals surface area contributed by atoms with Crippen molar-refractivity contribution in [3.05, 3.63) is 48.9 Å². The Hall–Kier alpha value is -3.26. The number of aryl methyl sites for hydroxylation is 1. The van der Waals surface area contributed by atoms with Gasteiger partial charge in [0.1, 0.15) is 6.61 Å². The van der Waals surface area contributed by atoms with Crippen LogP contribution in [0.25, 0.3) is 11.3 Å². The molecule has 3 aromatic rings. The van der Waals surface area contributed by atoms with Gasteiger partial charge in [0.05, 0.1) is 17.6 Å². The van der Waals surface area contributed by atoms with Crippen LogP contribution in [0.15, 0.2) is 48.9 Å². The molecule has 8 nitrogen and oxygen atoms in total. The number of carbonyl (C=O) groups is 1. The third-order valence-electron chi connectivity index (χ3n) is 3.36. The second kappa shape index (κ2) is 7.54. The van der Waals surface area contributed by atoms with Crippen LogP contribution in [0.2, 0.25) is 0 Å². The van der Waals surface area contributed by atoms with E-state index in [4.69, 9.17) is 4.74 Å². The van der Waals surface area contributed by atoms with Gasteiger partial charge in [-0.1, -0.05) is 12.1 Å². The maximum atomic E-state index is 11.5. The minimum Gasteiger partial charge on any atom is -0.375 e. The van der Waals surface area contributed by atoms with E-state index in [0.29, 0.717) is 11.6 Å². The minimum absolute atomic E-state index is 0.0248. The van der Waals surface area contributed by atoms with Crippen molar-refractivity contribution in [3.8, 4) is 11.3 Å². The van der Waals surface area contributed by atoms with Crippen LogP contribution in [0, 0.1) is 0 Å². The Balaban J connectivity index is 1.73. The van der Waals surface area contributed by atoms with Crippen LogP contribution in [-0.2, 0) is 16.6 Å². The SMILES string of the molecule is COCC(=O)Nc1ccc(-c2ccnc(Nc3cnn(C)c3)n2)cc1. The van der Waals surface area contributed by atoms with Crippen LogP contribution < -0.4 is 10.6 Å². The first-order valence-electron chi connectivity index (χ1n) is 7.62. The lowest BCUT2D eigenvalue weighted by molar-refractivity contribution is -0.119. The third-order valence-corrected chi connectivity index (χ3v) is 3.36. The lowest BCUT2D eigenvalue weighted by atomic mass is 10.1. The number of nitrogens with zero attached hydrogens (tertiary/aromatic N) is 4. The minimum atomic E-state index is -0.194. The maximum absolute atomic E-state index is 11.5. The average molecular weight is 338 g/mol. The van der Waals surface area contributed by atoms with Crippen LogP contribution in [0.4, 0.5) is 17.3 Å². The first kappa shape index (κ1) is 16.6. The Morgan fingerprint density at radius 3 is 2.68 bits per heavy atom. The molecule has 0 aliphatic carbocycles. The molecule has 0 spiro atoms. The van der Waals surface area contributed by atoms with Crippen molar-refractivity contribution in [1.29, 1.82) is 0 Å². The Morgan fingerprint density at radius 2 is 2.00 bits per heavy atom. The van der Waals surface area contributed by atoms with Gasteiger partial charge in [0, 0.05) is 37.8 Å². The summed E-state index contributed by atoms with van der Waals surface area (Å²) < 4.78 is 6.49. The molecule has 1 aromatic carbocycles. The highest BCUT2D eigenvalue weighted by Gasteiger charge is 2.05. The molecule has 0 radical (unpaired) electrons. The zero-order valence-electron chi connectivity index (χ0n) is 13.9. The number of anilines is 3. The zero-order valence-corrected chi connectivity index (χ0v) is 13.9. The molecule has 0 saturated carbocycles. The molecule has 25 heavy (non-hydrogen) atoms. The van der Waals surface area contributed by atoms with E-state index in [1.807, 2.05) is 43.6 Å². The second-order valence-electron chi connectivity index (χ2n) is 5.35. The summed E-state index contributed by atoms with van der Waals surface area (Å²) in [5.74, 6) is 0.295. The van der Waals surface area contributed by atoms with E-state index in [9.17, 15) is 4.79 Å². The Labute approximate surface area is 144 Å². The number of methoxy groups -OCH3 is 1. The van der Waals surface area contributed by atoms with Crippen LogP contribution >= 0.6 is 0 Å². The van der Waals surface area contributed by atoms with Crippen molar-refractivity contribution >= 4 is 23.2 Å². The van der Waals surface area contributed by atoms with E-state index in [2.05, 4.69) is 25.7 Å². The molecule has 0 bridgehead atoms. The number of hydrogen-bond acceptors (Lipinski definition) is 6. The lowest BCUT2D eigenvalue weighted by Crippen LogP contribution is -2.16. The Bertz CT molecular complexity index is 860. The van der Waals surface area contributed by atoms with Gasteiger partial charge in [0.25, 0.3) is 0 Å². The van der Waals surface area contributed by atoms with Crippen LogP contribution in [0.5, 0.6) is 0 Å². The topological polar surface area (TPSA) is 94.0 Å². The average Bonchev–Trinajstić information content (AvgIpc) is 3.01.